The van der Waals surface area contributed by atoms with Crippen LogP contribution in [0, 0.1) is 0 Å². The number of halogens is 1. The highest BCUT2D eigenvalue weighted by Crippen LogP contribution is 2.25. The summed E-state index contributed by atoms with van der Waals surface area (Å²) in [6.45, 7) is 0.330. The number of hydrogen-bond acceptors (Lipinski definition) is 5. The molecule has 1 heterocycles. The Hall–Kier alpha value is -2.25. The predicted octanol–water partition coefficient (Wildman–Crippen LogP) is 2.50. The van der Waals surface area contributed by atoms with Crippen molar-refractivity contribution in [3.63, 3.8) is 0 Å². The van der Waals surface area contributed by atoms with Crippen LogP contribution in [0.25, 0.3) is 0 Å². The van der Waals surface area contributed by atoms with Crippen LogP contribution in [0.2, 0.25) is 0 Å². The molecule has 7 nitrogen and oxygen atoms in total. The quantitative estimate of drug-likeness (QED) is 0.396. The van der Waals surface area contributed by atoms with Crippen LogP contribution in [-0.4, -0.2) is 41.0 Å². The molecule has 0 radical (unpaired) electrons. The van der Waals surface area contributed by atoms with Crippen molar-refractivity contribution in [3.05, 3.63) is 12.2 Å². The maximum atomic E-state index is 14.7. The molecule has 0 aromatic carbocycles. The second kappa shape index (κ2) is 10.2. The number of nitrogens with one attached hydrogen (secondary N) is 1. The van der Waals surface area contributed by atoms with Gasteiger partial charge in [0, 0.05) is 25.8 Å². The van der Waals surface area contributed by atoms with E-state index in [1.807, 2.05) is 0 Å². The molecule has 0 aromatic heterocycles. The first-order valence-electron chi connectivity index (χ1n) is 9.64. The van der Waals surface area contributed by atoms with E-state index in [2.05, 4.69) is 5.32 Å². The lowest BCUT2D eigenvalue weighted by Crippen LogP contribution is -2.42. The van der Waals surface area contributed by atoms with Crippen molar-refractivity contribution < 1.29 is 28.4 Å². The van der Waals surface area contributed by atoms with Gasteiger partial charge in [-0.15, -0.1) is 5.06 Å². The van der Waals surface area contributed by atoms with Crippen LogP contribution in [0.15, 0.2) is 12.2 Å². The molecule has 1 aliphatic heterocycles. The highest BCUT2D eigenvalue weighted by atomic mass is 19.1. The molecule has 1 fully saturated rings. The average Bonchev–Trinajstić information content (AvgIpc) is 2.93. The van der Waals surface area contributed by atoms with E-state index in [1.54, 1.807) is 6.08 Å². The molecule has 2 rings (SSSR count). The standard InChI is InChI=1S/C19H27FN2O5/c20-19(12-6-2-1-3-7-13-19)18(26)21-14-8-4-5-9-17(25)27-22-15(23)10-11-16(22)24/h6,12H,1-5,7-11,13-14H2,(H,21,26). The number of carbonyl (C=O) groups excluding carboxylic acids is 4. The third-order valence-electron chi connectivity index (χ3n) is 4.71. The number of imide groups is 1. The first kappa shape index (κ1) is 21.1. The first-order chi connectivity index (χ1) is 12.9. The minimum atomic E-state index is -1.93. The van der Waals surface area contributed by atoms with Crippen molar-refractivity contribution in [3.8, 4) is 0 Å². The fourth-order valence-electron chi connectivity index (χ4n) is 3.09. The van der Waals surface area contributed by atoms with Crippen molar-refractivity contribution in [1.82, 2.24) is 10.4 Å². The van der Waals surface area contributed by atoms with Gasteiger partial charge in [-0.2, -0.15) is 0 Å². The normalized spacial score (nSPS) is 23.1. The third kappa shape index (κ3) is 6.45. The fourth-order valence-corrected chi connectivity index (χ4v) is 3.09. The zero-order valence-corrected chi connectivity index (χ0v) is 15.5. The summed E-state index contributed by atoms with van der Waals surface area (Å²) in [4.78, 5) is 51.2. The van der Waals surface area contributed by atoms with E-state index < -0.39 is 29.4 Å². The maximum Gasteiger partial charge on any atom is 0.333 e. The van der Waals surface area contributed by atoms with Gasteiger partial charge in [-0.05, 0) is 44.6 Å². The molecule has 1 aliphatic carbocycles. The number of carbonyl (C=O) groups is 4. The summed E-state index contributed by atoms with van der Waals surface area (Å²) in [7, 11) is 0. The van der Waals surface area contributed by atoms with Crippen LogP contribution < -0.4 is 5.32 Å². The number of nitrogens with zero attached hydrogens (tertiary/aromatic N) is 1. The number of alkyl halides is 1. The summed E-state index contributed by atoms with van der Waals surface area (Å²) in [5, 5.41) is 3.15. The van der Waals surface area contributed by atoms with Crippen molar-refractivity contribution in [2.24, 2.45) is 0 Å². The summed E-state index contributed by atoms with van der Waals surface area (Å²) in [5.74, 6) is -2.24. The van der Waals surface area contributed by atoms with Gasteiger partial charge in [-0.3, -0.25) is 14.4 Å². The van der Waals surface area contributed by atoms with Gasteiger partial charge in [0.05, 0.1) is 0 Å². The van der Waals surface area contributed by atoms with E-state index in [-0.39, 0.29) is 25.7 Å². The Balaban J connectivity index is 1.59. The Morgan fingerprint density at radius 1 is 1.11 bits per heavy atom. The van der Waals surface area contributed by atoms with Gasteiger partial charge in [0.2, 0.25) is 5.67 Å². The summed E-state index contributed by atoms with van der Waals surface area (Å²) in [6, 6.07) is 0. The maximum absolute atomic E-state index is 14.7. The summed E-state index contributed by atoms with van der Waals surface area (Å²) < 4.78 is 14.7. The molecule has 1 N–H and O–H groups in total. The lowest BCUT2D eigenvalue weighted by molar-refractivity contribution is -0.197. The highest BCUT2D eigenvalue weighted by molar-refractivity contribution is 6.01. The number of amides is 3. The predicted molar refractivity (Wildman–Crippen MR) is 94.7 cm³/mol. The van der Waals surface area contributed by atoms with E-state index in [0.29, 0.717) is 37.3 Å². The van der Waals surface area contributed by atoms with Gasteiger partial charge in [-0.1, -0.05) is 18.9 Å². The first-order valence-corrected chi connectivity index (χ1v) is 9.64. The Labute approximate surface area is 158 Å². The van der Waals surface area contributed by atoms with Gasteiger partial charge < -0.3 is 10.2 Å². The molecule has 8 heteroatoms. The monoisotopic (exact) mass is 382 g/mol. The zero-order valence-electron chi connectivity index (χ0n) is 15.5. The number of rotatable bonds is 8. The second-order valence-electron chi connectivity index (χ2n) is 6.98. The van der Waals surface area contributed by atoms with Crippen LogP contribution in [0.4, 0.5) is 4.39 Å². The summed E-state index contributed by atoms with van der Waals surface area (Å²) in [6.07, 6.45) is 8.67. The molecule has 1 atom stereocenters. The molecular formula is C19H27FN2O5. The molecule has 3 amide bonds. The Kier molecular flexibility index (Phi) is 7.94. The third-order valence-corrected chi connectivity index (χ3v) is 4.71. The van der Waals surface area contributed by atoms with Gasteiger partial charge in [-0.25, -0.2) is 9.18 Å². The number of hydrogen-bond donors (Lipinski definition) is 1. The number of hydroxylamine groups is 2. The van der Waals surface area contributed by atoms with E-state index in [9.17, 15) is 23.6 Å². The minimum absolute atomic E-state index is 0.0665. The molecular weight excluding hydrogens is 355 g/mol. The molecule has 150 valence electrons. The molecule has 0 bridgehead atoms. The highest BCUT2D eigenvalue weighted by Gasteiger charge is 2.35. The van der Waals surface area contributed by atoms with E-state index >= 15 is 0 Å². The average molecular weight is 382 g/mol. The van der Waals surface area contributed by atoms with Gasteiger partial charge in [0.1, 0.15) is 0 Å². The lowest BCUT2D eigenvalue weighted by Gasteiger charge is -2.22. The van der Waals surface area contributed by atoms with Crippen molar-refractivity contribution in [1.29, 1.82) is 0 Å². The fraction of sp³-hybridized carbons (Fsp3) is 0.684. The molecule has 0 spiro atoms. The number of allylic oxidation sites excluding steroid dienone is 1. The van der Waals surface area contributed by atoms with Crippen molar-refractivity contribution in [2.75, 3.05) is 6.54 Å². The van der Waals surface area contributed by atoms with Crippen LogP contribution in [0.5, 0.6) is 0 Å². The van der Waals surface area contributed by atoms with E-state index in [0.717, 1.165) is 19.3 Å². The van der Waals surface area contributed by atoms with Gasteiger partial charge >= 0.3 is 5.97 Å². The van der Waals surface area contributed by atoms with Crippen LogP contribution in [-0.2, 0) is 24.0 Å². The van der Waals surface area contributed by atoms with Crippen molar-refractivity contribution >= 4 is 23.7 Å². The molecule has 0 aromatic rings. The lowest BCUT2D eigenvalue weighted by atomic mass is 9.93. The Morgan fingerprint density at radius 3 is 2.59 bits per heavy atom. The van der Waals surface area contributed by atoms with Gasteiger partial charge in [0.25, 0.3) is 17.7 Å². The Bertz CT molecular complexity index is 591. The topological polar surface area (TPSA) is 92.8 Å². The van der Waals surface area contributed by atoms with E-state index in [1.165, 1.54) is 6.08 Å². The minimum Gasteiger partial charge on any atom is -0.353 e. The molecule has 1 unspecified atom stereocenters. The zero-order chi connectivity index (χ0) is 19.7. The molecule has 0 saturated carbocycles. The summed E-state index contributed by atoms with van der Waals surface area (Å²) >= 11 is 0. The Morgan fingerprint density at radius 2 is 1.85 bits per heavy atom. The number of unbranched alkanes of at least 4 members (excludes halogenated alkanes) is 2. The van der Waals surface area contributed by atoms with Gasteiger partial charge in [0.15, 0.2) is 0 Å². The molecule has 1 saturated heterocycles. The van der Waals surface area contributed by atoms with E-state index in [4.69, 9.17) is 4.84 Å². The second-order valence-corrected chi connectivity index (χ2v) is 6.98. The summed E-state index contributed by atoms with van der Waals surface area (Å²) in [5.41, 5.74) is -1.93. The SMILES string of the molecule is O=C(CCCCCNC(=O)C1(F)C=CCCCCC1)ON1C(=O)CCC1=O. The van der Waals surface area contributed by atoms with Crippen LogP contribution in [0.3, 0.4) is 0 Å². The largest absolute Gasteiger partial charge is 0.353 e. The molecule has 27 heavy (non-hydrogen) atoms. The van der Waals surface area contributed by atoms with Crippen LogP contribution in [0.1, 0.15) is 70.6 Å². The molecule has 2 aliphatic rings. The van der Waals surface area contributed by atoms with Crippen LogP contribution >= 0.6 is 0 Å². The smallest absolute Gasteiger partial charge is 0.333 e. The van der Waals surface area contributed by atoms with Crippen molar-refractivity contribution in [2.45, 2.75) is 76.3 Å².